The lowest BCUT2D eigenvalue weighted by atomic mass is 9.84. The van der Waals surface area contributed by atoms with Crippen molar-refractivity contribution in [1.29, 1.82) is 0 Å². The summed E-state index contributed by atoms with van der Waals surface area (Å²) in [5, 5.41) is 12.8. The third kappa shape index (κ3) is 4.95. The predicted molar refractivity (Wildman–Crippen MR) is 111 cm³/mol. The zero-order chi connectivity index (χ0) is 19.4. The molecule has 1 atom stereocenters. The number of carbonyl (C=O) groups is 1. The molecule has 27 heavy (non-hydrogen) atoms. The Morgan fingerprint density at radius 1 is 1.11 bits per heavy atom. The van der Waals surface area contributed by atoms with Gasteiger partial charge in [0.25, 0.3) is 0 Å². The summed E-state index contributed by atoms with van der Waals surface area (Å²) in [5.41, 5.74) is 3.60. The molecule has 0 saturated heterocycles. The maximum Gasteiger partial charge on any atom is 0.409 e. The van der Waals surface area contributed by atoms with Crippen molar-refractivity contribution < 1.29 is 9.90 Å². The number of hydrogen-bond acceptors (Lipinski definition) is 2. The van der Waals surface area contributed by atoms with Gasteiger partial charge in [0, 0.05) is 34.7 Å². The number of hydrogen-bond donors (Lipinski definition) is 2. The molecule has 2 aromatic carbocycles. The number of anilines is 1. The highest BCUT2D eigenvalue weighted by Gasteiger charge is 2.28. The number of fused-ring (bicyclic) bond motifs is 1. The van der Waals surface area contributed by atoms with Crippen molar-refractivity contribution >= 4 is 35.0 Å². The van der Waals surface area contributed by atoms with Crippen LogP contribution in [0.1, 0.15) is 48.3 Å². The first-order chi connectivity index (χ1) is 13.0. The molecule has 6 heteroatoms. The van der Waals surface area contributed by atoms with Crippen LogP contribution < -0.4 is 5.32 Å². The Balaban J connectivity index is 0.000000466. The molecule has 1 saturated carbocycles. The lowest BCUT2D eigenvalue weighted by molar-refractivity contribution is 0.209. The average molecular weight is 407 g/mol. The summed E-state index contributed by atoms with van der Waals surface area (Å²) in [4.78, 5) is 13.2. The largest absolute Gasteiger partial charge is 0.465 e. The maximum absolute atomic E-state index is 11.1. The Labute approximate surface area is 170 Å². The van der Waals surface area contributed by atoms with Gasteiger partial charge >= 0.3 is 6.09 Å². The fourth-order valence-corrected chi connectivity index (χ4v) is 3.96. The molecule has 1 aliphatic heterocycles. The average Bonchev–Trinajstić information content (AvgIpc) is 2.53. The molecule has 4 rings (SSSR count). The summed E-state index contributed by atoms with van der Waals surface area (Å²) < 4.78 is 0. The predicted octanol–water partition coefficient (Wildman–Crippen LogP) is 6.22. The summed E-state index contributed by atoms with van der Waals surface area (Å²) in [6.45, 7) is 1.51. The molecule has 1 aliphatic carbocycles. The van der Waals surface area contributed by atoms with E-state index in [1.165, 1.54) is 25.7 Å². The van der Waals surface area contributed by atoms with Crippen molar-refractivity contribution in [2.75, 3.05) is 18.9 Å². The van der Waals surface area contributed by atoms with E-state index >= 15 is 0 Å². The lowest BCUT2D eigenvalue weighted by Gasteiger charge is -2.34. The van der Waals surface area contributed by atoms with Gasteiger partial charge in [0.1, 0.15) is 0 Å². The minimum Gasteiger partial charge on any atom is -0.465 e. The number of rotatable bonds is 2. The number of amides is 1. The number of nitrogens with zero attached hydrogens (tertiary/aromatic N) is 1. The Bertz CT molecular complexity index is 818. The van der Waals surface area contributed by atoms with Crippen LogP contribution in [0, 0.1) is 0 Å². The van der Waals surface area contributed by atoms with Gasteiger partial charge in [-0.2, -0.15) is 0 Å². The SMILES string of the molecule is C1CCC1.CN1Cc2c(Cl)cc(Cl)cc2C(c2ccccc2NC(=O)O)C1. The van der Waals surface area contributed by atoms with Crippen LogP contribution in [0.25, 0.3) is 0 Å². The number of carboxylic acid groups (broad SMARTS) is 1. The fraction of sp³-hybridized carbons (Fsp3) is 0.381. The lowest BCUT2D eigenvalue weighted by Crippen LogP contribution is -2.31. The number of halogens is 2. The van der Waals surface area contributed by atoms with Crippen LogP contribution in [0.2, 0.25) is 10.0 Å². The van der Waals surface area contributed by atoms with Crippen molar-refractivity contribution in [2.45, 2.75) is 38.1 Å². The van der Waals surface area contributed by atoms with E-state index in [-0.39, 0.29) is 5.92 Å². The second-order valence-corrected chi connectivity index (χ2v) is 7.98. The third-order valence-corrected chi connectivity index (χ3v) is 5.63. The van der Waals surface area contributed by atoms with Crippen LogP contribution in [0.5, 0.6) is 0 Å². The van der Waals surface area contributed by atoms with Gasteiger partial charge in [0.2, 0.25) is 0 Å². The smallest absolute Gasteiger partial charge is 0.409 e. The van der Waals surface area contributed by atoms with E-state index in [2.05, 4.69) is 10.2 Å². The molecule has 2 aromatic rings. The quantitative estimate of drug-likeness (QED) is 0.621. The van der Waals surface area contributed by atoms with Crippen LogP contribution in [-0.2, 0) is 6.54 Å². The van der Waals surface area contributed by atoms with Gasteiger partial charge in [0.15, 0.2) is 0 Å². The summed E-state index contributed by atoms with van der Waals surface area (Å²) in [7, 11) is 2.02. The molecule has 0 bridgehead atoms. The molecular weight excluding hydrogens is 383 g/mol. The second kappa shape index (κ2) is 8.96. The topological polar surface area (TPSA) is 52.6 Å². The van der Waals surface area contributed by atoms with Crippen LogP contribution >= 0.6 is 23.2 Å². The van der Waals surface area contributed by atoms with E-state index in [4.69, 9.17) is 28.3 Å². The minimum absolute atomic E-state index is 0.00278. The van der Waals surface area contributed by atoms with E-state index in [1.807, 2.05) is 31.3 Å². The van der Waals surface area contributed by atoms with Gasteiger partial charge in [0.05, 0.1) is 0 Å². The van der Waals surface area contributed by atoms with Gasteiger partial charge in [-0.1, -0.05) is 67.1 Å². The van der Waals surface area contributed by atoms with Crippen molar-refractivity contribution in [3.8, 4) is 0 Å². The Morgan fingerprint density at radius 3 is 2.41 bits per heavy atom. The first kappa shape index (κ1) is 20.0. The summed E-state index contributed by atoms with van der Waals surface area (Å²) in [5.74, 6) is 0.00278. The Kier molecular flexibility index (Phi) is 6.64. The van der Waals surface area contributed by atoms with Crippen molar-refractivity contribution in [3.05, 3.63) is 63.1 Å². The molecule has 0 radical (unpaired) electrons. The number of likely N-dealkylation sites (N-methyl/N-ethyl adjacent to an activating group) is 1. The Hall–Kier alpha value is -1.75. The summed E-state index contributed by atoms with van der Waals surface area (Å²) in [6, 6.07) is 11.1. The molecule has 1 unspecified atom stereocenters. The molecule has 1 heterocycles. The highest BCUT2D eigenvalue weighted by atomic mass is 35.5. The van der Waals surface area contributed by atoms with Crippen molar-refractivity contribution in [3.63, 3.8) is 0 Å². The van der Waals surface area contributed by atoms with Crippen LogP contribution in [0.4, 0.5) is 10.5 Å². The second-order valence-electron chi connectivity index (χ2n) is 7.14. The molecule has 0 spiro atoms. The molecule has 2 N–H and O–H groups in total. The Morgan fingerprint density at radius 2 is 1.78 bits per heavy atom. The van der Waals surface area contributed by atoms with Crippen molar-refractivity contribution in [2.24, 2.45) is 0 Å². The molecule has 0 aromatic heterocycles. The van der Waals surface area contributed by atoms with Gasteiger partial charge < -0.3 is 10.0 Å². The monoisotopic (exact) mass is 406 g/mol. The molecule has 1 fully saturated rings. The van der Waals surface area contributed by atoms with E-state index in [0.717, 1.165) is 29.8 Å². The van der Waals surface area contributed by atoms with Gasteiger partial charge in [-0.3, -0.25) is 5.32 Å². The molecule has 144 valence electrons. The van der Waals surface area contributed by atoms with E-state index in [0.29, 0.717) is 15.7 Å². The molecule has 4 nitrogen and oxygen atoms in total. The summed E-state index contributed by atoms with van der Waals surface area (Å²) >= 11 is 12.6. The number of para-hydroxylation sites is 1. The first-order valence-electron chi connectivity index (χ1n) is 9.21. The molecule has 2 aliphatic rings. The van der Waals surface area contributed by atoms with Crippen LogP contribution in [0.15, 0.2) is 36.4 Å². The van der Waals surface area contributed by atoms with E-state index in [1.54, 1.807) is 12.1 Å². The fourth-order valence-electron chi connectivity index (χ4n) is 3.39. The molecular formula is C21H24Cl2N2O2. The zero-order valence-electron chi connectivity index (χ0n) is 15.3. The first-order valence-corrected chi connectivity index (χ1v) is 9.96. The van der Waals surface area contributed by atoms with Crippen LogP contribution in [-0.4, -0.2) is 29.7 Å². The van der Waals surface area contributed by atoms with E-state index in [9.17, 15) is 4.79 Å². The third-order valence-electron chi connectivity index (χ3n) is 5.07. The normalized spacial score (nSPS) is 18.6. The summed E-state index contributed by atoms with van der Waals surface area (Å²) in [6.07, 6.45) is 4.92. The van der Waals surface area contributed by atoms with Gasteiger partial charge in [-0.25, -0.2) is 4.79 Å². The van der Waals surface area contributed by atoms with Crippen molar-refractivity contribution in [1.82, 2.24) is 4.90 Å². The van der Waals surface area contributed by atoms with E-state index < -0.39 is 6.09 Å². The zero-order valence-corrected chi connectivity index (χ0v) is 16.9. The number of nitrogens with one attached hydrogen (secondary N) is 1. The van der Waals surface area contributed by atoms with Crippen LogP contribution in [0.3, 0.4) is 0 Å². The molecule has 1 amide bonds. The maximum atomic E-state index is 11.1. The number of benzene rings is 2. The minimum atomic E-state index is -1.08. The standard InChI is InChI=1S/C17H16Cl2N2O2.C4H8/c1-21-8-13(11-4-2-3-5-16(11)20-17(22)23)12-6-10(18)7-15(19)14(12)9-21;1-2-4-3-1/h2-7,13,20H,8-9H2,1H3,(H,22,23);1-4H2. The van der Waals surface area contributed by atoms with Gasteiger partial charge in [-0.15, -0.1) is 0 Å². The highest BCUT2D eigenvalue weighted by molar-refractivity contribution is 6.35. The highest BCUT2D eigenvalue weighted by Crippen LogP contribution is 2.40. The van der Waals surface area contributed by atoms with Gasteiger partial charge in [-0.05, 0) is 41.9 Å².